The highest BCUT2D eigenvalue weighted by Crippen LogP contribution is 2.30. The predicted molar refractivity (Wildman–Crippen MR) is 80.6 cm³/mol. The van der Waals surface area contributed by atoms with Crippen molar-refractivity contribution in [1.29, 1.82) is 0 Å². The quantitative estimate of drug-likeness (QED) is 0.693. The monoisotopic (exact) mass is 276 g/mol. The maximum atomic E-state index is 12.4. The van der Waals surface area contributed by atoms with Crippen LogP contribution in [0.3, 0.4) is 0 Å². The third-order valence-corrected chi connectivity index (χ3v) is 3.79. The molecule has 1 aliphatic heterocycles. The van der Waals surface area contributed by atoms with Crippen molar-refractivity contribution in [2.75, 3.05) is 4.90 Å². The molecule has 0 radical (unpaired) electrons. The highest BCUT2D eigenvalue weighted by atomic mass is 16.2. The smallest absolute Gasteiger partial charge is 0.266 e. The average molecular weight is 276 g/mol. The fourth-order valence-electron chi connectivity index (χ4n) is 2.83. The number of aryl methyl sites for hydroxylation is 1. The Bertz CT molecular complexity index is 873. The first-order valence-electron chi connectivity index (χ1n) is 6.72. The maximum absolute atomic E-state index is 12.4. The van der Waals surface area contributed by atoms with Crippen LogP contribution >= 0.6 is 0 Å². The predicted octanol–water partition coefficient (Wildman–Crippen LogP) is 3.28. The first-order chi connectivity index (χ1) is 10.1. The summed E-state index contributed by atoms with van der Waals surface area (Å²) in [6, 6.07) is 14.5. The standard InChI is InChI=1S/C17H12N2O2/c1-10-8-11-9-12(6-7-15(11)18-10)19-16(20)13-4-2-3-5-14(13)17(19)21/h2-9,18H,1H3. The fourth-order valence-corrected chi connectivity index (χ4v) is 2.83. The normalized spacial score (nSPS) is 14.0. The van der Waals surface area contributed by atoms with Crippen LogP contribution in [0.5, 0.6) is 0 Å². The molecule has 1 N–H and O–H groups in total. The van der Waals surface area contributed by atoms with Crippen molar-refractivity contribution in [1.82, 2.24) is 4.98 Å². The number of anilines is 1. The van der Waals surface area contributed by atoms with E-state index in [1.165, 1.54) is 4.90 Å². The van der Waals surface area contributed by atoms with Crippen LogP contribution < -0.4 is 4.90 Å². The van der Waals surface area contributed by atoms with Gasteiger partial charge >= 0.3 is 0 Å². The molecular formula is C17H12N2O2. The number of nitrogens with zero attached hydrogens (tertiary/aromatic N) is 1. The van der Waals surface area contributed by atoms with Crippen LogP contribution in [0.15, 0.2) is 48.5 Å². The Morgan fingerprint density at radius 2 is 1.57 bits per heavy atom. The molecular weight excluding hydrogens is 264 g/mol. The van der Waals surface area contributed by atoms with Crippen LogP contribution in [0.25, 0.3) is 10.9 Å². The van der Waals surface area contributed by atoms with Gasteiger partial charge in [0.15, 0.2) is 0 Å². The highest BCUT2D eigenvalue weighted by molar-refractivity contribution is 6.34. The topological polar surface area (TPSA) is 53.2 Å². The zero-order chi connectivity index (χ0) is 14.6. The molecule has 2 aromatic carbocycles. The van der Waals surface area contributed by atoms with Crippen LogP contribution in [0.2, 0.25) is 0 Å². The minimum Gasteiger partial charge on any atom is -0.359 e. The molecule has 0 unspecified atom stereocenters. The molecule has 4 nitrogen and oxygen atoms in total. The number of carbonyl (C=O) groups is 2. The summed E-state index contributed by atoms with van der Waals surface area (Å²) in [5.41, 5.74) is 3.57. The Hall–Kier alpha value is -2.88. The summed E-state index contributed by atoms with van der Waals surface area (Å²) in [6.45, 7) is 1.97. The minimum absolute atomic E-state index is 0.262. The molecule has 1 aliphatic rings. The van der Waals surface area contributed by atoms with Crippen molar-refractivity contribution in [3.05, 3.63) is 65.4 Å². The van der Waals surface area contributed by atoms with Crippen molar-refractivity contribution in [2.45, 2.75) is 6.92 Å². The Balaban J connectivity index is 1.86. The van der Waals surface area contributed by atoms with Crippen LogP contribution in [0.4, 0.5) is 5.69 Å². The second kappa shape index (κ2) is 4.06. The van der Waals surface area contributed by atoms with Crippen molar-refractivity contribution in [3.63, 3.8) is 0 Å². The number of hydrogen-bond acceptors (Lipinski definition) is 2. The molecule has 0 fully saturated rings. The van der Waals surface area contributed by atoms with Gasteiger partial charge in [0, 0.05) is 16.6 Å². The number of rotatable bonds is 1. The van der Waals surface area contributed by atoms with Crippen molar-refractivity contribution < 1.29 is 9.59 Å². The number of fused-ring (bicyclic) bond motifs is 2. The number of aromatic nitrogens is 1. The van der Waals surface area contributed by atoms with Crippen LogP contribution in [0, 0.1) is 6.92 Å². The van der Waals surface area contributed by atoms with Gasteiger partial charge in [0.05, 0.1) is 16.8 Å². The van der Waals surface area contributed by atoms with Gasteiger partial charge in [-0.2, -0.15) is 0 Å². The number of benzene rings is 2. The third-order valence-electron chi connectivity index (χ3n) is 3.79. The molecule has 0 saturated heterocycles. The Morgan fingerprint density at radius 3 is 2.24 bits per heavy atom. The summed E-state index contributed by atoms with van der Waals surface area (Å²) < 4.78 is 0. The van der Waals surface area contributed by atoms with Gasteiger partial charge in [0.2, 0.25) is 0 Å². The SMILES string of the molecule is Cc1cc2cc(N3C(=O)c4ccccc4C3=O)ccc2[nH]1. The molecule has 2 heterocycles. The molecule has 0 saturated carbocycles. The molecule has 0 aliphatic carbocycles. The zero-order valence-electron chi connectivity index (χ0n) is 11.4. The lowest BCUT2D eigenvalue weighted by Gasteiger charge is -2.13. The molecule has 0 spiro atoms. The van der Waals surface area contributed by atoms with E-state index in [0.29, 0.717) is 16.8 Å². The van der Waals surface area contributed by atoms with E-state index >= 15 is 0 Å². The molecule has 0 atom stereocenters. The molecule has 3 aromatic rings. The minimum atomic E-state index is -0.262. The average Bonchev–Trinajstić information content (AvgIpc) is 2.97. The first-order valence-corrected chi connectivity index (χ1v) is 6.72. The summed E-state index contributed by atoms with van der Waals surface area (Å²) in [7, 11) is 0. The second-order valence-electron chi connectivity index (χ2n) is 5.22. The van der Waals surface area contributed by atoms with E-state index in [1.54, 1.807) is 30.3 Å². The lowest BCUT2D eigenvalue weighted by atomic mass is 10.1. The summed E-state index contributed by atoms with van der Waals surface area (Å²) in [5, 5.41) is 0.988. The van der Waals surface area contributed by atoms with Gasteiger partial charge in [-0.25, -0.2) is 4.90 Å². The summed E-state index contributed by atoms with van der Waals surface area (Å²) in [6.07, 6.45) is 0. The summed E-state index contributed by atoms with van der Waals surface area (Å²) >= 11 is 0. The largest absolute Gasteiger partial charge is 0.359 e. The van der Waals surface area contributed by atoms with Crippen molar-refractivity contribution in [3.8, 4) is 0 Å². The first kappa shape index (κ1) is 11.9. The van der Waals surface area contributed by atoms with Gasteiger partial charge in [-0.15, -0.1) is 0 Å². The molecule has 2 amide bonds. The summed E-state index contributed by atoms with van der Waals surface area (Å²) in [4.78, 5) is 29.4. The Morgan fingerprint density at radius 1 is 0.905 bits per heavy atom. The fraction of sp³-hybridized carbons (Fsp3) is 0.0588. The van der Waals surface area contributed by atoms with Gasteiger partial charge < -0.3 is 4.98 Å². The van der Waals surface area contributed by atoms with Gasteiger partial charge in [-0.05, 0) is 43.3 Å². The second-order valence-corrected chi connectivity index (χ2v) is 5.22. The lowest BCUT2D eigenvalue weighted by Crippen LogP contribution is -2.29. The van der Waals surface area contributed by atoms with E-state index in [-0.39, 0.29) is 11.8 Å². The Kier molecular flexibility index (Phi) is 2.30. The van der Waals surface area contributed by atoms with Gasteiger partial charge in [-0.3, -0.25) is 9.59 Å². The molecule has 0 bridgehead atoms. The van der Waals surface area contributed by atoms with Crippen LogP contribution in [-0.4, -0.2) is 16.8 Å². The van der Waals surface area contributed by atoms with E-state index in [4.69, 9.17) is 0 Å². The number of amides is 2. The van der Waals surface area contributed by atoms with E-state index in [9.17, 15) is 9.59 Å². The molecule has 102 valence electrons. The van der Waals surface area contributed by atoms with Crippen molar-refractivity contribution in [2.24, 2.45) is 0 Å². The maximum Gasteiger partial charge on any atom is 0.266 e. The van der Waals surface area contributed by atoms with E-state index in [0.717, 1.165) is 16.6 Å². The molecule has 1 aromatic heterocycles. The number of carbonyl (C=O) groups excluding carboxylic acids is 2. The van der Waals surface area contributed by atoms with Gasteiger partial charge in [-0.1, -0.05) is 12.1 Å². The van der Waals surface area contributed by atoms with Crippen LogP contribution in [0.1, 0.15) is 26.4 Å². The lowest BCUT2D eigenvalue weighted by molar-refractivity contribution is 0.0926. The van der Waals surface area contributed by atoms with Gasteiger partial charge in [0.25, 0.3) is 11.8 Å². The van der Waals surface area contributed by atoms with E-state index in [2.05, 4.69) is 4.98 Å². The molecule has 4 rings (SSSR count). The third kappa shape index (κ3) is 1.62. The summed E-state index contributed by atoms with van der Waals surface area (Å²) in [5.74, 6) is -0.524. The number of nitrogens with one attached hydrogen (secondary N) is 1. The van der Waals surface area contributed by atoms with E-state index in [1.807, 2.05) is 25.1 Å². The molecule has 21 heavy (non-hydrogen) atoms. The Labute approximate surface area is 121 Å². The number of imide groups is 1. The highest BCUT2D eigenvalue weighted by Gasteiger charge is 2.36. The van der Waals surface area contributed by atoms with Gasteiger partial charge in [0.1, 0.15) is 0 Å². The molecule has 4 heteroatoms. The number of hydrogen-bond donors (Lipinski definition) is 1. The number of aromatic amines is 1. The number of H-pyrrole nitrogens is 1. The van der Waals surface area contributed by atoms with Crippen molar-refractivity contribution >= 4 is 28.4 Å². The van der Waals surface area contributed by atoms with Crippen LogP contribution in [-0.2, 0) is 0 Å². The van der Waals surface area contributed by atoms with E-state index < -0.39 is 0 Å². The zero-order valence-corrected chi connectivity index (χ0v) is 11.4.